The number of hydrogen-bond acceptors (Lipinski definition) is 3. The molecule has 1 saturated heterocycles. The minimum absolute atomic E-state index is 0.0795. The number of nitrogens with zero attached hydrogens (tertiary/aromatic N) is 1. The Morgan fingerprint density at radius 3 is 3.00 bits per heavy atom. The molecule has 2 unspecified atom stereocenters. The zero-order valence-corrected chi connectivity index (χ0v) is 10.3. The van der Waals surface area contributed by atoms with E-state index in [9.17, 15) is 4.79 Å². The third-order valence-electron chi connectivity index (χ3n) is 3.59. The van der Waals surface area contributed by atoms with Crippen LogP contribution in [0, 0.1) is 5.92 Å². The number of carboxylic acids is 1. The quantitative estimate of drug-likeness (QED) is 0.878. The van der Waals surface area contributed by atoms with E-state index in [4.69, 9.17) is 9.52 Å². The molecule has 1 aromatic rings. The molecule has 1 N–H and O–H groups in total. The molecular weight excluding hydrogens is 218 g/mol. The second kappa shape index (κ2) is 4.92. The summed E-state index contributed by atoms with van der Waals surface area (Å²) in [5, 5.41) is 8.98. The fourth-order valence-corrected chi connectivity index (χ4v) is 2.56. The SMILES string of the molecule is CC1CCN(Cc2ccoc2C(=O)O)C(C)C1. The molecule has 0 amide bonds. The molecule has 0 radical (unpaired) electrons. The fraction of sp³-hybridized carbons (Fsp3) is 0.615. The van der Waals surface area contributed by atoms with Gasteiger partial charge >= 0.3 is 5.97 Å². The summed E-state index contributed by atoms with van der Waals surface area (Å²) >= 11 is 0. The van der Waals surface area contributed by atoms with Crippen molar-refractivity contribution in [2.75, 3.05) is 6.54 Å². The molecule has 0 saturated carbocycles. The molecule has 0 aliphatic carbocycles. The summed E-state index contributed by atoms with van der Waals surface area (Å²) in [6.45, 7) is 6.18. The van der Waals surface area contributed by atoms with Crippen LogP contribution in [0.4, 0.5) is 0 Å². The highest BCUT2D eigenvalue weighted by Gasteiger charge is 2.25. The van der Waals surface area contributed by atoms with Gasteiger partial charge in [0.15, 0.2) is 0 Å². The van der Waals surface area contributed by atoms with E-state index in [0.29, 0.717) is 12.6 Å². The smallest absolute Gasteiger partial charge is 0.372 e. The fourth-order valence-electron chi connectivity index (χ4n) is 2.56. The van der Waals surface area contributed by atoms with Crippen molar-refractivity contribution in [3.8, 4) is 0 Å². The predicted molar refractivity (Wildman–Crippen MR) is 63.9 cm³/mol. The normalized spacial score (nSPS) is 26.0. The third-order valence-corrected chi connectivity index (χ3v) is 3.59. The first kappa shape index (κ1) is 12.2. The number of aromatic carboxylic acids is 1. The highest BCUT2D eigenvalue weighted by atomic mass is 16.4. The number of carboxylic acid groups (broad SMARTS) is 1. The second-order valence-electron chi connectivity index (χ2n) is 5.03. The molecule has 94 valence electrons. The number of rotatable bonds is 3. The maximum absolute atomic E-state index is 10.9. The number of furan rings is 1. The van der Waals surface area contributed by atoms with Crippen LogP contribution in [-0.4, -0.2) is 28.6 Å². The van der Waals surface area contributed by atoms with Crippen molar-refractivity contribution < 1.29 is 14.3 Å². The van der Waals surface area contributed by atoms with E-state index in [0.717, 1.165) is 18.0 Å². The van der Waals surface area contributed by atoms with Crippen molar-refractivity contribution in [3.63, 3.8) is 0 Å². The first-order chi connectivity index (χ1) is 8.08. The average molecular weight is 237 g/mol. The van der Waals surface area contributed by atoms with Crippen LogP contribution in [0.15, 0.2) is 16.7 Å². The summed E-state index contributed by atoms with van der Waals surface area (Å²) in [5.74, 6) is -0.136. The monoisotopic (exact) mass is 237 g/mol. The van der Waals surface area contributed by atoms with E-state index in [1.54, 1.807) is 6.07 Å². The van der Waals surface area contributed by atoms with Gasteiger partial charge < -0.3 is 9.52 Å². The van der Waals surface area contributed by atoms with Crippen LogP contribution < -0.4 is 0 Å². The molecule has 1 aliphatic rings. The van der Waals surface area contributed by atoms with Gasteiger partial charge in [-0.05, 0) is 38.3 Å². The van der Waals surface area contributed by atoms with Crippen LogP contribution in [-0.2, 0) is 6.54 Å². The molecule has 2 atom stereocenters. The lowest BCUT2D eigenvalue weighted by molar-refractivity contribution is 0.0655. The number of piperidine rings is 1. The van der Waals surface area contributed by atoms with Gasteiger partial charge in [0.2, 0.25) is 5.76 Å². The van der Waals surface area contributed by atoms with Crippen LogP contribution in [0.3, 0.4) is 0 Å². The average Bonchev–Trinajstić information content (AvgIpc) is 2.70. The number of likely N-dealkylation sites (tertiary alicyclic amines) is 1. The Kier molecular flexibility index (Phi) is 3.52. The number of hydrogen-bond donors (Lipinski definition) is 1. The van der Waals surface area contributed by atoms with Crippen molar-refractivity contribution in [2.24, 2.45) is 5.92 Å². The first-order valence-corrected chi connectivity index (χ1v) is 6.11. The molecule has 1 aliphatic heterocycles. The highest BCUT2D eigenvalue weighted by molar-refractivity contribution is 5.86. The summed E-state index contributed by atoms with van der Waals surface area (Å²) in [6.07, 6.45) is 3.82. The summed E-state index contributed by atoms with van der Waals surface area (Å²) in [7, 11) is 0. The first-order valence-electron chi connectivity index (χ1n) is 6.11. The molecule has 0 aromatic carbocycles. The van der Waals surface area contributed by atoms with E-state index >= 15 is 0 Å². The number of carbonyl (C=O) groups is 1. The van der Waals surface area contributed by atoms with Gasteiger partial charge in [0.25, 0.3) is 0 Å². The second-order valence-corrected chi connectivity index (χ2v) is 5.03. The standard InChI is InChI=1S/C13H19NO3/c1-9-3-5-14(10(2)7-9)8-11-4-6-17-12(11)13(15)16/h4,6,9-10H,3,5,7-8H2,1-2H3,(H,15,16). The van der Waals surface area contributed by atoms with Gasteiger partial charge in [-0.25, -0.2) is 4.79 Å². The van der Waals surface area contributed by atoms with Crippen molar-refractivity contribution >= 4 is 5.97 Å². The van der Waals surface area contributed by atoms with Gasteiger partial charge in [-0.15, -0.1) is 0 Å². The van der Waals surface area contributed by atoms with E-state index in [1.165, 1.54) is 19.1 Å². The van der Waals surface area contributed by atoms with Crippen molar-refractivity contribution in [1.82, 2.24) is 4.90 Å². The van der Waals surface area contributed by atoms with E-state index in [-0.39, 0.29) is 5.76 Å². The van der Waals surface area contributed by atoms with E-state index < -0.39 is 5.97 Å². The van der Waals surface area contributed by atoms with Crippen LogP contribution in [0.2, 0.25) is 0 Å². The topological polar surface area (TPSA) is 53.7 Å². The lowest BCUT2D eigenvalue weighted by Gasteiger charge is -2.36. The summed E-state index contributed by atoms with van der Waals surface area (Å²) < 4.78 is 5.00. The molecule has 1 aromatic heterocycles. The molecule has 0 bridgehead atoms. The highest BCUT2D eigenvalue weighted by Crippen LogP contribution is 2.24. The lowest BCUT2D eigenvalue weighted by atomic mass is 9.93. The Labute approximate surface area is 101 Å². The van der Waals surface area contributed by atoms with Gasteiger partial charge in [0.1, 0.15) is 0 Å². The van der Waals surface area contributed by atoms with Crippen molar-refractivity contribution in [3.05, 3.63) is 23.7 Å². The zero-order valence-electron chi connectivity index (χ0n) is 10.3. The lowest BCUT2D eigenvalue weighted by Crippen LogP contribution is -2.39. The van der Waals surface area contributed by atoms with Gasteiger partial charge in [-0.3, -0.25) is 4.90 Å². The maximum Gasteiger partial charge on any atom is 0.372 e. The minimum Gasteiger partial charge on any atom is -0.475 e. The summed E-state index contributed by atoms with van der Waals surface area (Å²) in [6, 6.07) is 2.27. The van der Waals surface area contributed by atoms with Crippen LogP contribution >= 0.6 is 0 Å². The minimum atomic E-state index is -0.983. The van der Waals surface area contributed by atoms with Crippen molar-refractivity contribution in [1.29, 1.82) is 0 Å². The van der Waals surface area contributed by atoms with Gasteiger partial charge in [-0.1, -0.05) is 6.92 Å². The largest absolute Gasteiger partial charge is 0.475 e. The van der Waals surface area contributed by atoms with Crippen molar-refractivity contribution in [2.45, 2.75) is 39.3 Å². The molecule has 2 heterocycles. The van der Waals surface area contributed by atoms with Gasteiger partial charge in [0.05, 0.1) is 6.26 Å². The predicted octanol–water partition coefficient (Wildman–Crippen LogP) is 2.60. The Balaban J connectivity index is 2.05. The molecule has 4 nitrogen and oxygen atoms in total. The summed E-state index contributed by atoms with van der Waals surface area (Å²) in [4.78, 5) is 13.3. The van der Waals surface area contributed by atoms with Crippen LogP contribution in [0.1, 0.15) is 42.8 Å². The van der Waals surface area contributed by atoms with Crippen LogP contribution in [0.5, 0.6) is 0 Å². The zero-order chi connectivity index (χ0) is 12.4. The molecule has 2 rings (SSSR count). The van der Waals surface area contributed by atoms with Gasteiger partial charge in [0, 0.05) is 18.2 Å². The summed E-state index contributed by atoms with van der Waals surface area (Å²) in [5.41, 5.74) is 0.777. The maximum atomic E-state index is 10.9. The Morgan fingerprint density at radius 2 is 2.35 bits per heavy atom. The third kappa shape index (κ3) is 2.69. The Hall–Kier alpha value is -1.29. The molecule has 1 fully saturated rings. The molecule has 17 heavy (non-hydrogen) atoms. The van der Waals surface area contributed by atoms with Gasteiger partial charge in [-0.2, -0.15) is 0 Å². The Morgan fingerprint density at radius 1 is 1.59 bits per heavy atom. The van der Waals surface area contributed by atoms with E-state index in [1.807, 2.05) is 0 Å². The van der Waals surface area contributed by atoms with Crippen LogP contribution in [0.25, 0.3) is 0 Å². The Bertz CT molecular complexity index is 399. The molecular formula is C13H19NO3. The molecule has 4 heteroatoms. The van der Waals surface area contributed by atoms with E-state index in [2.05, 4.69) is 18.7 Å². The molecule has 0 spiro atoms.